The zero-order valence-corrected chi connectivity index (χ0v) is 4.28. The summed E-state index contributed by atoms with van der Waals surface area (Å²) in [5.41, 5.74) is 0. The van der Waals surface area contributed by atoms with Crippen LogP contribution in [0.2, 0.25) is 0 Å². The van der Waals surface area contributed by atoms with Gasteiger partial charge in [-0.15, -0.1) is 0 Å². The van der Waals surface area contributed by atoms with Crippen LogP contribution in [0, 0.1) is 4.91 Å². The lowest BCUT2D eigenvalue weighted by Crippen LogP contribution is -2.20. The lowest BCUT2D eigenvalue weighted by molar-refractivity contribution is 0.125. The summed E-state index contributed by atoms with van der Waals surface area (Å²) < 4.78 is 4.72. The normalized spacial score (nSPS) is 37.6. The molecule has 0 aromatic rings. The molecule has 1 aliphatic heterocycles. The van der Waals surface area contributed by atoms with Crippen LogP contribution in [0.5, 0.6) is 0 Å². The molecule has 4 heteroatoms. The van der Waals surface area contributed by atoms with Crippen LogP contribution in [-0.4, -0.2) is 30.5 Å². The summed E-state index contributed by atoms with van der Waals surface area (Å²) in [5, 5.41) is 11.4. The van der Waals surface area contributed by atoms with E-state index >= 15 is 0 Å². The molecule has 0 saturated carbocycles. The Bertz CT molecular complexity index is 95.3. The summed E-state index contributed by atoms with van der Waals surface area (Å²) >= 11 is 0. The molecule has 0 spiro atoms. The first kappa shape index (κ1) is 5.65. The maximum Gasteiger partial charge on any atom is 0.143 e. The van der Waals surface area contributed by atoms with Gasteiger partial charge in [-0.25, -0.2) is 0 Å². The third kappa shape index (κ3) is 0.850. The van der Waals surface area contributed by atoms with Crippen molar-refractivity contribution in [1.82, 2.24) is 0 Å². The molecule has 1 rings (SSSR count). The van der Waals surface area contributed by atoms with Crippen LogP contribution in [0.3, 0.4) is 0 Å². The van der Waals surface area contributed by atoms with Gasteiger partial charge >= 0.3 is 0 Å². The second-order valence-corrected chi connectivity index (χ2v) is 1.78. The van der Waals surface area contributed by atoms with E-state index < -0.39 is 12.1 Å². The van der Waals surface area contributed by atoms with Crippen LogP contribution in [-0.2, 0) is 4.74 Å². The minimum Gasteiger partial charge on any atom is -0.388 e. The zero-order chi connectivity index (χ0) is 5.98. The predicted molar refractivity (Wildman–Crippen MR) is 26.4 cm³/mol. The molecule has 1 aliphatic rings. The van der Waals surface area contributed by atoms with Crippen LogP contribution < -0.4 is 0 Å². The first-order valence-electron chi connectivity index (χ1n) is 2.43. The Labute approximate surface area is 46.4 Å². The minimum absolute atomic E-state index is 0.246. The Kier molecular flexibility index (Phi) is 1.55. The summed E-state index contributed by atoms with van der Waals surface area (Å²) in [6.45, 7) is 0.515. The molecule has 2 unspecified atom stereocenters. The number of ether oxygens (including phenoxy) is 1. The molecule has 0 aliphatic carbocycles. The number of aliphatic hydroxyl groups is 1. The zero-order valence-electron chi connectivity index (χ0n) is 4.28. The van der Waals surface area contributed by atoms with Crippen molar-refractivity contribution in [2.24, 2.45) is 5.18 Å². The number of nitrogens with zero attached hydrogens (tertiary/aromatic N) is 1. The van der Waals surface area contributed by atoms with Gasteiger partial charge in [-0.05, 0) is 0 Å². The van der Waals surface area contributed by atoms with E-state index in [2.05, 4.69) is 5.18 Å². The van der Waals surface area contributed by atoms with Gasteiger partial charge in [-0.1, -0.05) is 5.18 Å². The predicted octanol–water partition coefficient (Wildman–Crippen LogP) is -0.487. The minimum atomic E-state index is -0.674. The Morgan fingerprint density at radius 3 is 2.62 bits per heavy atom. The summed E-state index contributed by atoms with van der Waals surface area (Å²) in [6.07, 6.45) is -0.674. The number of hydrogen-bond acceptors (Lipinski definition) is 4. The highest BCUT2D eigenvalue weighted by atomic mass is 16.5. The first-order chi connectivity index (χ1) is 3.84. The molecule has 1 saturated heterocycles. The third-order valence-electron chi connectivity index (χ3n) is 1.16. The quantitative estimate of drug-likeness (QED) is 0.471. The van der Waals surface area contributed by atoms with Crippen LogP contribution in [0.4, 0.5) is 0 Å². The van der Waals surface area contributed by atoms with Gasteiger partial charge in [0.25, 0.3) is 0 Å². The largest absolute Gasteiger partial charge is 0.388 e. The summed E-state index contributed by atoms with van der Waals surface area (Å²) in [5.74, 6) is 0. The van der Waals surface area contributed by atoms with Crippen LogP contribution >= 0.6 is 0 Å². The highest BCUT2D eigenvalue weighted by Gasteiger charge is 2.26. The summed E-state index contributed by atoms with van der Waals surface area (Å²) in [7, 11) is 0. The number of aliphatic hydroxyl groups excluding tert-OH is 1. The van der Waals surface area contributed by atoms with Crippen LogP contribution in [0.25, 0.3) is 0 Å². The third-order valence-corrected chi connectivity index (χ3v) is 1.16. The average molecular weight is 117 g/mol. The molecule has 46 valence electrons. The number of nitroso groups, excluding NO2 is 1. The molecule has 1 N–H and O–H groups in total. The Hall–Kier alpha value is -0.480. The molecular formula is C4H7NO3. The fourth-order valence-corrected chi connectivity index (χ4v) is 0.632. The van der Waals surface area contributed by atoms with Gasteiger partial charge in [0, 0.05) is 0 Å². The van der Waals surface area contributed by atoms with Gasteiger partial charge in [-0.2, -0.15) is 4.91 Å². The van der Waals surface area contributed by atoms with E-state index in [1.807, 2.05) is 0 Å². The van der Waals surface area contributed by atoms with E-state index in [1.165, 1.54) is 0 Å². The van der Waals surface area contributed by atoms with Crippen molar-refractivity contribution >= 4 is 0 Å². The van der Waals surface area contributed by atoms with Gasteiger partial charge in [0.1, 0.15) is 12.1 Å². The van der Waals surface area contributed by atoms with Gasteiger partial charge in [0.2, 0.25) is 0 Å². The maximum absolute atomic E-state index is 9.73. The van der Waals surface area contributed by atoms with Gasteiger partial charge in [0.05, 0.1) is 13.2 Å². The van der Waals surface area contributed by atoms with E-state index in [9.17, 15) is 4.91 Å². The Morgan fingerprint density at radius 1 is 1.62 bits per heavy atom. The van der Waals surface area contributed by atoms with Crippen molar-refractivity contribution in [3.05, 3.63) is 4.91 Å². The van der Waals surface area contributed by atoms with Gasteiger partial charge in [0.15, 0.2) is 0 Å². The molecule has 0 aromatic heterocycles. The summed E-state index contributed by atoms with van der Waals surface area (Å²) in [4.78, 5) is 9.73. The monoisotopic (exact) mass is 117 g/mol. The SMILES string of the molecule is O=NC1COCC1O. The lowest BCUT2D eigenvalue weighted by atomic mass is 10.2. The van der Waals surface area contributed by atoms with E-state index in [4.69, 9.17) is 9.84 Å². The van der Waals surface area contributed by atoms with Crippen molar-refractivity contribution in [2.75, 3.05) is 13.2 Å². The van der Waals surface area contributed by atoms with Crippen molar-refractivity contribution in [1.29, 1.82) is 0 Å². The van der Waals surface area contributed by atoms with E-state index in [-0.39, 0.29) is 13.2 Å². The molecule has 1 fully saturated rings. The van der Waals surface area contributed by atoms with Crippen LogP contribution in [0.1, 0.15) is 0 Å². The van der Waals surface area contributed by atoms with Crippen molar-refractivity contribution < 1.29 is 9.84 Å². The van der Waals surface area contributed by atoms with Gasteiger partial charge in [-0.3, -0.25) is 0 Å². The van der Waals surface area contributed by atoms with E-state index in [1.54, 1.807) is 0 Å². The van der Waals surface area contributed by atoms with E-state index in [0.29, 0.717) is 0 Å². The molecule has 8 heavy (non-hydrogen) atoms. The lowest BCUT2D eigenvalue weighted by Gasteiger charge is -1.98. The Balaban J connectivity index is 2.41. The Morgan fingerprint density at radius 2 is 2.38 bits per heavy atom. The number of rotatable bonds is 1. The smallest absolute Gasteiger partial charge is 0.143 e. The maximum atomic E-state index is 9.73. The van der Waals surface area contributed by atoms with E-state index in [0.717, 1.165) is 0 Å². The average Bonchev–Trinajstić information content (AvgIpc) is 2.14. The molecule has 2 atom stereocenters. The second kappa shape index (κ2) is 2.19. The molecule has 4 nitrogen and oxygen atoms in total. The highest BCUT2D eigenvalue weighted by molar-refractivity contribution is 4.79. The number of hydrogen-bond donors (Lipinski definition) is 1. The van der Waals surface area contributed by atoms with Gasteiger partial charge < -0.3 is 9.84 Å². The fraction of sp³-hybridized carbons (Fsp3) is 1.00. The van der Waals surface area contributed by atoms with Crippen molar-refractivity contribution in [3.8, 4) is 0 Å². The fourth-order valence-electron chi connectivity index (χ4n) is 0.632. The molecular weight excluding hydrogens is 110 g/mol. The van der Waals surface area contributed by atoms with Crippen molar-refractivity contribution in [3.63, 3.8) is 0 Å². The van der Waals surface area contributed by atoms with Crippen LogP contribution in [0.15, 0.2) is 5.18 Å². The molecule has 0 bridgehead atoms. The highest BCUT2D eigenvalue weighted by Crippen LogP contribution is 2.07. The summed E-state index contributed by atoms with van der Waals surface area (Å²) in [6, 6.07) is -0.532. The molecule has 0 radical (unpaired) electrons. The standard InChI is InChI=1S/C4H7NO3/c6-4-2-8-1-3(4)5-7/h3-4,6H,1-2H2. The second-order valence-electron chi connectivity index (χ2n) is 1.78. The first-order valence-corrected chi connectivity index (χ1v) is 2.43. The van der Waals surface area contributed by atoms with Crippen molar-refractivity contribution in [2.45, 2.75) is 12.1 Å². The molecule has 0 amide bonds. The molecule has 0 aromatic carbocycles. The molecule has 1 heterocycles. The topological polar surface area (TPSA) is 58.9 Å².